The van der Waals surface area contributed by atoms with E-state index >= 15 is 0 Å². The Kier molecular flexibility index (Phi) is 2.58. The molecular formula is C11H17P. The van der Waals surface area contributed by atoms with Crippen molar-refractivity contribution >= 4 is 14.5 Å². The maximum Gasteiger partial charge on any atom is -0.0132 e. The minimum absolute atomic E-state index is 0.261. The fourth-order valence-corrected chi connectivity index (χ4v) is 1.69. The summed E-state index contributed by atoms with van der Waals surface area (Å²) in [6, 6.07) is 6.67. The maximum absolute atomic E-state index is 2.76. The van der Waals surface area contributed by atoms with Gasteiger partial charge in [-0.3, -0.25) is 0 Å². The normalized spacial score (nSPS) is 11.8. The molecule has 12 heavy (non-hydrogen) atoms. The Labute approximate surface area is 77.6 Å². The fourth-order valence-electron chi connectivity index (χ4n) is 1.25. The van der Waals surface area contributed by atoms with E-state index < -0.39 is 0 Å². The predicted octanol–water partition coefficient (Wildman–Crippen LogP) is 2.79. The van der Waals surface area contributed by atoms with Crippen molar-refractivity contribution in [3.8, 4) is 0 Å². The molecule has 0 fully saturated rings. The quantitative estimate of drug-likeness (QED) is 0.538. The first-order valence-electron chi connectivity index (χ1n) is 4.27. The molecule has 0 radical (unpaired) electrons. The Bertz CT molecular complexity index is 261. The number of rotatable bonds is 0. The van der Waals surface area contributed by atoms with Gasteiger partial charge in [0.2, 0.25) is 0 Å². The molecule has 0 saturated heterocycles. The molecule has 0 spiro atoms. The van der Waals surface area contributed by atoms with Crippen molar-refractivity contribution in [1.82, 2.24) is 0 Å². The molecule has 0 aromatic heterocycles. The highest BCUT2D eigenvalue weighted by Crippen LogP contribution is 2.22. The van der Waals surface area contributed by atoms with Crippen molar-refractivity contribution in [2.75, 3.05) is 0 Å². The topological polar surface area (TPSA) is 0 Å². The van der Waals surface area contributed by atoms with Crippen LogP contribution in [0.4, 0.5) is 0 Å². The van der Waals surface area contributed by atoms with Crippen LogP contribution in [0.25, 0.3) is 0 Å². The van der Waals surface area contributed by atoms with Gasteiger partial charge in [-0.25, -0.2) is 0 Å². The second-order valence-electron chi connectivity index (χ2n) is 4.38. The van der Waals surface area contributed by atoms with Gasteiger partial charge in [0.25, 0.3) is 0 Å². The van der Waals surface area contributed by atoms with Crippen LogP contribution in [0.3, 0.4) is 0 Å². The van der Waals surface area contributed by atoms with Crippen LogP contribution in [-0.4, -0.2) is 0 Å². The van der Waals surface area contributed by atoms with E-state index in [0.717, 1.165) is 0 Å². The molecule has 0 heterocycles. The van der Waals surface area contributed by atoms with E-state index in [1.807, 2.05) is 0 Å². The highest BCUT2D eigenvalue weighted by Gasteiger charge is 2.13. The molecule has 0 aliphatic heterocycles. The molecular weight excluding hydrogens is 163 g/mol. The molecule has 0 saturated carbocycles. The molecule has 0 amide bonds. The molecule has 1 aromatic rings. The molecule has 0 bridgehead atoms. The molecule has 1 rings (SSSR count). The number of aryl methyl sites for hydroxylation is 1. The smallest absolute Gasteiger partial charge is 0.0132 e. The Balaban J connectivity index is 3.18. The minimum Gasteiger partial charge on any atom is -0.106 e. The summed E-state index contributed by atoms with van der Waals surface area (Å²) in [5, 5.41) is 1.28. The maximum atomic E-state index is 2.76. The first-order valence-corrected chi connectivity index (χ1v) is 4.85. The summed E-state index contributed by atoms with van der Waals surface area (Å²) >= 11 is 0. The van der Waals surface area contributed by atoms with Crippen LogP contribution in [0.2, 0.25) is 0 Å². The predicted molar refractivity (Wildman–Crippen MR) is 59.2 cm³/mol. The number of benzene rings is 1. The van der Waals surface area contributed by atoms with Crippen LogP contribution in [-0.2, 0) is 5.41 Å². The highest BCUT2D eigenvalue weighted by molar-refractivity contribution is 7.27. The standard InChI is InChI=1S/C11H17P/c1-8-5-9(11(2,3)4)7-10(12)6-8/h5-7H,12H2,1-4H3. The molecule has 1 heteroatoms. The molecule has 0 N–H and O–H groups in total. The zero-order valence-corrected chi connectivity index (χ0v) is 9.46. The van der Waals surface area contributed by atoms with Crippen LogP contribution < -0.4 is 5.30 Å². The minimum atomic E-state index is 0.261. The first kappa shape index (κ1) is 9.74. The van der Waals surface area contributed by atoms with Gasteiger partial charge in [0.1, 0.15) is 0 Å². The number of hydrogen-bond acceptors (Lipinski definition) is 0. The van der Waals surface area contributed by atoms with Gasteiger partial charge in [-0.2, -0.15) is 0 Å². The van der Waals surface area contributed by atoms with E-state index in [-0.39, 0.29) is 5.41 Å². The van der Waals surface area contributed by atoms with Gasteiger partial charge < -0.3 is 0 Å². The van der Waals surface area contributed by atoms with Gasteiger partial charge >= 0.3 is 0 Å². The van der Waals surface area contributed by atoms with Gasteiger partial charge in [-0.15, -0.1) is 9.24 Å². The third-order valence-corrected chi connectivity index (χ3v) is 2.30. The second kappa shape index (κ2) is 3.18. The first-order chi connectivity index (χ1) is 5.39. The van der Waals surface area contributed by atoms with Crippen molar-refractivity contribution in [3.63, 3.8) is 0 Å². The van der Waals surface area contributed by atoms with Crippen molar-refractivity contribution < 1.29 is 0 Å². The molecule has 1 unspecified atom stereocenters. The van der Waals surface area contributed by atoms with Crippen molar-refractivity contribution in [3.05, 3.63) is 29.3 Å². The summed E-state index contributed by atoms with van der Waals surface area (Å²) in [4.78, 5) is 0. The molecule has 0 nitrogen and oxygen atoms in total. The van der Waals surface area contributed by atoms with Crippen LogP contribution >= 0.6 is 9.24 Å². The zero-order chi connectivity index (χ0) is 9.35. The molecule has 0 aliphatic rings. The molecule has 1 aromatic carbocycles. The fraction of sp³-hybridized carbons (Fsp3) is 0.455. The Morgan fingerprint density at radius 1 is 1.08 bits per heavy atom. The summed E-state index contributed by atoms with van der Waals surface area (Å²) in [5.74, 6) is 0. The molecule has 1 atom stereocenters. The van der Waals surface area contributed by atoms with Crippen LogP contribution in [0.15, 0.2) is 18.2 Å². The van der Waals surface area contributed by atoms with Gasteiger partial charge in [-0.05, 0) is 23.2 Å². The van der Waals surface area contributed by atoms with Crippen molar-refractivity contribution in [1.29, 1.82) is 0 Å². The Morgan fingerprint density at radius 3 is 2.08 bits per heavy atom. The van der Waals surface area contributed by atoms with E-state index in [1.54, 1.807) is 0 Å². The van der Waals surface area contributed by atoms with Crippen molar-refractivity contribution in [2.24, 2.45) is 0 Å². The van der Waals surface area contributed by atoms with Crippen LogP contribution in [0.5, 0.6) is 0 Å². The SMILES string of the molecule is Cc1cc(P)cc(C(C)(C)C)c1. The van der Waals surface area contributed by atoms with Gasteiger partial charge in [0, 0.05) is 0 Å². The highest BCUT2D eigenvalue weighted by atomic mass is 31.0. The lowest BCUT2D eigenvalue weighted by Crippen LogP contribution is -2.13. The van der Waals surface area contributed by atoms with Crippen LogP contribution in [0.1, 0.15) is 31.9 Å². The number of hydrogen-bond donors (Lipinski definition) is 0. The zero-order valence-electron chi connectivity index (χ0n) is 8.31. The van der Waals surface area contributed by atoms with Gasteiger partial charge in [-0.1, -0.05) is 44.5 Å². The van der Waals surface area contributed by atoms with Gasteiger partial charge in [0.15, 0.2) is 0 Å². The largest absolute Gasteiger partial charge is 0.106 e. The summed E-state index contributed by atoms with van der Waals surface area (Å²) in [6.07, 6.45) is 0. The van der Waals surface area contributed by atoms with E-state index in [0.29, 0.717) is 0 Å². The van der Waals surface area contributed by atoms with E-state index in [1.165, 1.54) is 16.4 Å². The summed E-state index contributed by atoms with van der Waals surface area (Å²) in [7, 11) is 2.76. The third-order valence-electron chi connectivity index (χ3n) is 1.97. The van der Waals surface area contributed by atoms with Crippen LogP contribution in [0, 0.1) is 6.92 Å². The second-order valence-corrected chi connectivity index (χ2v) is 5.05. The van der Waals surface area contributed by atoms with Gasteiger partial charge in [0.05, 0.1) is 0 Å². The lowest BCUT2D eigenvalue weighted by Gasteiger charge is -2.20. The van der Waals surface area contributed by atoms with E-state index in [2.05, 4.69) is 55.1 Å². The lowest BCUT2D eigenvalue weighted by molar-refractivity contribution is 0.590. The monoisotopic (exact) mass is 180 g/mol. The lowest BCUT2D eigenvalue weighted by atomic mass is 9.86. The Morgan fingerprint density at radius 2 is 1.67 bits per heavy atom. The summed E-state index contributed by atoms with van der Waals surface area (Å²) in [5.41, 5.74) is 3.01. The van der Waals surface area contributed by atoms with E-state index in [9.17, 15) is 0 Å². The third kappa shape index (κ3) is 2.32. The average Bonchev–Trinajstić information content (AvgIpc) is 1.82. The summed E-state index contributed by atoms with van der Waals surface area (Å²) < 4.78 is 0. The van der Waals surface area contributed by atoms with Crippen molar-refractivity contribution in [2.45, 2.75) is 33.1 Å². The summed E-state index contributed by atoms with van der Waals surface area (Å²) in [6.45, 7) is 8.87. The van der Waals surface area contributed by atoms with E-state index in [4.69, 9.17) is 0 Å². The molecule has 0 aliphatic carbocycles. The average molecular weight is 180 g/mol. The molecule has 66 valence electrons. The Hall–Kier alpha value is -0.350.